The molecule has 402 valence electrons. The van der Waals surface area contributed by atoms with E-state index >= 15 is 0 Å². The first-order valence-corrected chi connectivity index (χ1v) is 29.3. The van der Waals surface area contributed by atoms with Crippen LogP contribution in [-0.2, 0) is 0 Å². The molecule has 0 spiro atoms. The summed E-state index contributed by atoms with van der Waals surface area (Å²) >= 11 is 0. The summed E-state index contributed by atoms with van der Waals surface area (Å²) in [5.74, 6) is 0.645. The molecule has 0 aliphatic rings. The zero-order valence-electron chi connectivity index (χ0n) is 46.8. The van der Waals surface area contributed by atoms with Crippen LogP contribution in [0.4, 0.5) is 0 Å². The Kier molecular flexibility index (Phi) is 12.5. The van der Waals surface area contributed by atoms with Crippen molar-refractivity contribution in [1.29, 1.82) is 0 Å². The molecule has 0 amide bonds. The Morgan fingerprint density at radius 2 is 0.651 bits per heavy atom. The highest BCUT2D eigenvalue weighted by Crippen LogP contribution is 2.42. The van der Waals surface area contributed by atoms with Gasteiger partial charge in [0.25, 0.3) is 0 Å². The van der Waals surface area contributed by atoms with Crippen molar-refractivity contribution in [1.82, 2.24) is 14.5 Å². The predicted octanol–water partition coefficient (Wildman–Crippen LogP) is 22.1. The third kappa shape index (κ3) is 9.23. The molecule has 4 nitrogen and oxygen atoms in total. The highest BCUT2D eigenvalue weighted by molar-refractivity contribution is 6.11. The van der Waals surface area contributed by atoms with Crippen molar-refractivity contribution in [3.8, 4) is 117 Å². The highest BCUT2D eigenvalue weighted by atomic mass is 16.3. The van der Waals surface area contributed by atoms with Gasteiger partial charge in [-0.25, -0.2) is 9.97 Å². The van der Waals surface area contributed by atoms with E-state index in [1.807, 2.05) is 6.07 Å². The fraction of sp³-hybridized carbons (Fsp3) is 0. The molecule has 0 bridgehead atoms. The second-order valence-electron chi connectivity index (χ2n) is 22.1. The first kappa shape index (κ1) is 50.3. The number of fused-ring (bicyclic) bond motifs is 6. The van der Waals surface area contributed by atoms with E-state index in [0.29, 0.717) is 5.82 Å². The summed E-state index contributed by atoms with van der Waals surface area (Å²) in [7, 11) is 0. The van der Waals surface area contributed by atoms with Crippen LogP contribution < -0.4 is 0 Å². The highest BCUT2D eigenvalue weighted by Gasteiger charge is 2.19. The van der Waals surface area contributed by atoms with E-state index in [9.17, 15) is 0 Å². The van der Waals surface area contributed by atoms with E-state index < -0.39 is 0 Å². The molecule has 0 unspecified atom stereocenters. The van der Waals surface area contributed by atoms with Gasteiger partial charge in [0.2, 0.25) is 0 Å². The van der Waals surface area contributed by atoms with E-state index in [4.69, 9.17) is 14.4 Å². The van der Waals surface area contributed by atoms with Crippen LogP contribution in [0.25, 0.3) is 161 Å². The number of benzene rings is 13. The average Bonchev–Trinajstić information content (AvgIpc) is 2.00. The van der Waals surface area contributed by atoms with Gasteiger partial charge in [0.05, 0.1) is 22.4 Å². The lowest BCUT2D eigenvalue weighted by molar-refractivity contribution is 0.670. The first-order chi connectivity index (χ1) is 42.6. The molecule has 0 saturated carbocycles. The number of hydrogen-bond acceptors (Lipinski definition) is 3. The Labute approximate surface area is 498 Å². The van der Waals surface area contributed by atoms with E-state index in [1.54, 1.807) is 0 Å². The summed E-state index contributed by atoms with van der Waals surface area (Å²) in [4.78, 5) is 10.9. The maximum atomic E-state index is 6.67. The topological polar surface area (TPSA) is 43.9 Å². The van der Waals surface area contributed by atoms with Crippen molar-refractivity contribution in [2.75, 3.05) is 0 Å². The monoisotopic (exact) mass is 1100 g/mol. The Balaban J connectivity index is 0.822. The minimum atomic E-state index is 0.645. The van der Waals surface area contributed by atoms with Gasteiger partial charge in [0, 0.05) is 49.5 Å². The lowest BCUT2D eigenvalue weighted by atomic mass is 9.91. The van der Waals surface area contributed by atoms with Crippen molar-refractivity contribution in [2.45, 2.75) is 0 Å². The number of hydrogen-bond donors (Lipinski definition) is 0. The van der Waals surface area contributed by atoms with E-state index in [0.717, 1.165) is 117 Å². The molecular formula is C82H53N3O. The largest absolute Gasteiger partial charge is 0.455 e. The Hall–Kier alpha value is -11.5. The van der Waals surface area contributed by atoms with Crippen LogP contribution in [0.2, 0.25) is 0 Å². The number of para-hydroxylation sites is 4. The van der Waals surface area contributed by atoms with Gasteiger partial charge in [-0.15, -0.1) is 0 Å². The molecular weight excluding hydrogens is 1040 g/mol. The number of furan rings is 1. The quantitative estimate of drug-likeness (QED) is 0.130. The van der Waals surface area contributed by atoms with Gasteiger partial charge >= 0.3 is 0 Å². The lowest BCUT2D eigenvalue weighted by Crippen LogP contribution is -1.98. The van der Waals surface area contributed by atoms with Crippen LogP contribution in [0.15, 0.2) is 326 Å². The van der Waals surface area contributed by atoms with Gasteiger partial charge in [0.1, 0.15) is 11.2 Å². The molecule has 3 heterocycles. The maximum absolute atomic E-state index is 6.67. The second kappa shape index (κ2) is 21.4. The minimum Gasteiger partial charge on any atom is -0.455 e. The standard InChI is InChI=1S/C82H53N3O/c1-3-20-54(21-4-1)58-24-15-27-61(46-58)66-49-65(50-67(51-66)71-37-19-38-75-74-36-11-14-41-80(74)86-81(71)75)55-42-44-57(45-43-55)76-53-77(63-29-18-31-68(52-63)85-78-39-12-9-34-72(78)73-35-10-13-40-79(73)85)84-82(83-76)64-30-17-26-60(48-64)59-25-16-28-62(47-59)70-33-8-7-32-69(70)56-22-5-2-6-23-56/h1-53H. The van der Waals surface area contributed by atoms with E-state index in [1.165, 1.54) is 38.6 Å². The molecule has 0 N–H and O–H groups in total. The van der Waals surface area contributed by atoms with Crippen LogP contribution in [0, 0.1) is 0 Å². The molecule has 16 aromatic rings. The third-order valence-corrected chi connectivity index (χ3v) is 16.8. The van der Waals surface area contributed by atoms with Gasteiger partial charge in [0.15, 0.2) is 5.82 Å². The second-order valence-corrected chi connectivity index (χ2v) is 22.1. The van der Waals surface area contributed by atoms with Crippen LogP contribution >= 0.6 is 0 Å². The van der Waals surface area contributed by atoms with Gasteiger partial charge < -0.3 is 8.98 Å². The predicted molar refractivity (Wildman–Crippen MR) is 358 cm³/mol. The van der Waals surface area contributed by atoms with Crippen molar-refractivity contribution in [3.63, 3.8) is 0 Å². The number of aromatic nitrogens is 3. The molecule has 3 aromatic heterocycles. The van der Waals surface area contributed by atoms with Crippen LogP contribution in [-0.4, -0.2) is 14.5 Å². The summed E-state index contributed by atoms with van der Waals surface area (Å²) in [5.41, 5.74) is 25.5. The summed E-state index contributed by atoms with van der Waals surface area (Å²) in [5, 5.41) is 4.65. The molecule has 0 saturated heterocycles. The fourth-order valence-electron chi connectivity index (χ4n) is 12.6. The average molecular weight is 1100 g/mol. The van der Waals surface area contributed by atoms with E-state index in [-0.39, 0.29) is 0 Å². The summed E-state index contributed by atoms with van der Waals surface area (Å²) in [6.45, 7) is 0. The minimum absolute atomic E-state index is 0.645. The molecule has 4 heteroatoms. The molecule has 13 aromatic carbocycles. The molecule has 0 fully saturated rings. The number of nitrogens with zero attached hydrogens (tertiary/aromatic N) is 3. The van der Waals surface area contributed by atoms with Gasteiger partial charge in [-0.3, -0.25) is 0 Å². The van der Waals surface area contributed by atoms with Crippen molar-refractivity contribution in [2.24, 2.45) is 0 Å². The zero-order valence-corrected chi connectivity index (χ0v) is 46.8. The summed E-state index contributed by atoms with van der Waals surface area (Å²) in [6.07, 6.45) is 0. The molecule has 0 aliphatic heterocycles. The van der Waals surface area contributed by atoms with Crippen molar-refractivity contribution in [3.05, 3.63) is 322 Å². The molecule has 86 heavy (non-hydrogen) atoms. The molecule has 0 atom stereocenters. The Morgan fingerprint density at radius 3 is 1.36 bits per heavy atom. The molecule has 0 aliphatic carbocycles. The van der Waals surface area contributed by atoms with Crippen molar-refractivity contribution >= 4 is 43.7 Å². The maximum Gasteiger partial charge on any atom is 0.160 e. The number of rotatable bonds is 11. The van der Waals surface area contributed by atoms with Gasteiger partial charge in [-0.1, -0.05) is 249 Å². The fourth-order valence-corrected chi connectivity index (χ4v) is 12.6. The molecule has 0 radical (unpaired) electrons. The normalized spacial score (nSPS) is 11.5. The third-order valence-electron chi connectivity index (χ3n) is 16.8. The zero-order chi connectivity index (χ0) is 56.9. The van der Waals surface area contributed by atoms with Crippen LogP contribution in [0.3, 0.4) is 0 Å². The van der Waals surface area contributed by atoms with Gasteiger partial charge in [-0.2, -0.15) is 0 Å². The van der Waals surface area contributed by atoms with Crippen LogP contribution in [0.5, 0.6) is 0 Å². The molecule has 16 rings (SSSR count). The van der Waals surface area contributed by atoms with Crippen LogP contribution in [0.1, 0.15) is 0 Å². The lowest BCUT2D eigenvalue weighted by Gasteiger charge is -2.14. The Morgan fingerprint density at radius 1 is 0.233 bits per heavy atom. The van der Waals surface area contributed by atoms with E-state index in [2.05, 4.69) is 320 Å². The summed E-state index contributed by atoms with van der Waals surface area (Å²) < 4.78 is 9.03. The first-order valence-electron chi connectivity index (χ1n) is 29.3. The summed E-state index contributed by atoms with van der Waals surface area (Å²) in [6, 6.07) is 115. The smallest absolute Gasteiger partial charge is 0.160 e. The SMILES string of the molecule is c1ccc(-c2cccc(-c3cc(-c4ccc(-c5cc(-c6cccc(-n7c8ccccc8c8ccccc87)c6)nc(-c6cccc(-c7cccc(-c8ccccc8-c8ccccc8)c7)c6)n5)cc4)cc(-c4cccc5c4oc4ccccc45)c3)c2)cc1. The van der Waals surface area contributed by atoms with Gasteiger partial charge in [-0.05, 0) is 145 Å². The van der Waals surface area contributed by atoms with Crippen molar-refractivity contribution < 1.29 is 4.42 Å². The Bertz CT molecular complexity index is 5180.